The third-order valence-corrected chi connectivity index (χ3v) is 6.66. The second kappa shape index (κ2) is 8.29. The minimum absolute atomic E-state index is 0.295. The Balaban J connectivity index is 1.27. The Hall–Kier alpha value is -2.55. The van der Waals surface area contributed by atoms with Gasteiger partial charge in [-0.3, -0.25) is 4.79 Å². The van der Waals surface area contributed by atoms with Crippen LogP contribution in [-0.2, 0) is 28.5 Å². The van der Waals surface area contributed by atoms with Gasteiger partial charge in [0.25, 0.3) is 5.91 Å². The predicted octanol–water partition coefficient (Wildman–Crippen LogP) is 3.76. The zero-order valence-corrected chi connectivity index (χ0v) is 17.0. The van der Waals surface area contributed by atoms with E-state index in [-0.39, 0.29) is 12.5 Å². The first-order valence-corrected chi connectivity index (χ1v) is 10.6. The molecule has 4 rings (SSSR count). The topological polar surface area (TPSA) is 49.9 Å². The van der Waals surface area contributed by atoms with E-state index in [2.05, 4.69) is 0 Å². The Morgan fingerprint density at radius 1 is 1.07 bits per heavy atom. The van der Waals surface area contributed by atoms with Crippen molar-refractivity contribution in [2.45, 2.75) is 25.4 Å². The molecule has 1 amide bonds. The first kappa shape index (κ1) is 20.7. The third-order valence-electron chi connectivity index (χ3n) is 5.45. The number of thiophene rings is 1. The van der Waals surface area contributed by atoms with E-state index in [9.17, 15) is 22.8 Å². The predicted molar refractivity (Wildman–Crippen MR) is 107 cm³/mol. The van der Waals surface area contributed by atoms with E-state index in [0.717, 1.165) is 31.4 Å². The number of carbonyl (C=O) groups is 2. The molecule has 160 valence electrons. The molecule has 2 aromatic rings. The number of piperazine rings is 1. The van der Waals surface area contributed by atoms with Gasteiger partial charge in [0.1, 0.15) is 4.88 Å². The van der Waals surface area contributed by atoms with Gasteiger partial charge in [-0.1, -0.05) is 6.07 Å². The monoisotopic (exact) mass is 438 g/mol. The lowest BCUT2D eigenvalue weighted by atomic mass is 10.1. The number of hydrogen-bond donors (Lipinski definition) is 0. The molecule has 0 N–H and O–H groups in total. The lowest BCUT2D eigenvalue weighted by molar-refractivity contribution is -0.137. The molecule has 0 spiro atoms. The van der Waals surface area contributed by atoms with Crippen LogP contribution in [0.1, 0.15) is 32.1 Å². The third kappa shape index (κ3) is 4.45. The fourth-order valence-corrected chi connectivity index (χ4v) is 4.96. The zero-order valence-electron chi connectivity index (χ0n) is 16.2. The van der Waals surface area contributed by atoms with Crippen molar-refractivity contribution >= 4 is 28.9 Å². The van der Waals surface area contributed by atoms with Crippen molar-refractivity contribution in [3.05, 3.63) is 51.2 Å². The summed E-state index contributed by atoms with van der Waals surface area (Å²) in [6.07, 6.45) is -1.31. The van der Waals surface area contributed by atoms with Crippen molar-refractivity contribution in [2.24, 2.45) is 0 Å². The summed E-state index contributed by atoms with van der Waals surface area (Å²) in [5.74, 6) is -0.776. The van der Waals surface area contributed by atoms with Gasteiger partial charge in [-0.15, -0.1) is 11.3 Å². The molecule has 30 heavy (non-hydrogen) atoms. The number of anilines is 1. The molecule has 0 atom stereocenters. The van der Waals surface area contributed by atoms with Crippen LogP contribution >= 0.6 is 11.3 Å². The van der Waals surface area contributed by atoms with E-state index >= 15 is 0 Å². The molecule has 2 aliphatic rings. The van der Waals surface area contributed by atoms with Crippen molar-refractivity contribution < 1.29 is 27.5 Å². The SMILES string of the molecule is O=C(OCC(=O)N1CCN(c2cccc(C(F)(F)F)c2)CC1)c1cc2c(s1)CCC2. The largest absolute Gasteiger partial charge is 0.451 e. The number of nitrogens with zero attached hydrogens (tertiary/aromatic N) is 2. The molecule has 1 aliphatic carbocycles. The minimum Gasteiger partial charge on any atom is -0.451 e. The summed E-state index contributed by atoms with van der Waals surface area (Å²) in [4.78, 5) is 29.7. The Kier molecular flexibility index (Phi) is 5.73. The van der Waals surface area contributed by atoms with Crippen LogP contribution in [0.5, 0.6) is 0 Å². The van der Waals surface area contributed by atoms with Gasteiger partial charge in [0.05, 0.1) is 5.56 Å². The van der Waals surface area contributed by atoms with Crippen molar-refractivity contribution in [3.63, 3.8) is 0 Å². The zero-order chi connectivity index (χ0) is 21.3. The summed E-state index contributed by atoms with van der Waals surface area (Å²) in [5, 5.41) is 0. The lowest BCUT2D eigenvalue weighted by Crippen LogP contribution is -2.50. The van der Waals surface area contributed by atoms with Gasteiger partial charge < -0.3 is 14.5 Å². The highest BCUT2D eigenvalue weighted by Gasteiger charge is 2.31. The Morgan fingerprint density at radius 3 is 2.53 bits per heavy atom. The Labute approximate surface area is 176 Å². The average molecular weight is 438 g/mol. The second-order valence-corrected chi connectivity index (χ2v) is 8.54. The molecule has 1 fully saturated rings. The van der Waals surface area contributed by atoms with E-state index in [1.165, 1.54) is 27.8 Å². The number of carbonyl (C=O) groups excluding carboxylic acids is 2. The Bertz CT molecular complexity index is 928. The van der Waals surface area contributed by atoms with Gasteiger partial charge in [-0.2, -0.15) is 13.2 Å². The van der Waals surface area contributed by atoms with Crippen LogP contribution in [0.2, 0.25) is 0 Å². The summed E-state index contributed by atoms with van der Waals surface area (Å²) in [5.41, 5.74) is 0.989. The van der Waals surface area contributed by atoms with Gasteiger partial charge in [-0.25, -0.2) is 4.79 Å². The summed E-state index contributed by atoms with van der Waals surface area (Å²) in [6, 6.07) is 7.04. The fourth-order valence-electron chi connectivity index (χ4n) is 3.81. The van der Waals surface area contributed by atoms with Crippen molar-refractivity contribution in [3.8, 4) is 0 Å². The maximum absolute atomic E-state index is 12.9. The average Bonchev–Trinajstić information content (AvgIpc) is 3.34. The molecular formula is C21H21F3N2O3S. The molecule has 5 nitrogen and oxygen atoms in total. The van der Waals surface area contributed by atoms with Crippen LogP contribution < -0.4 is 4.90 Å². The number of ether oxygens (including phenoxy) is 1. The molecule has 1 aromatic heterocycles. The number of amides is 1. The molecule has 0 radical (unpaired) electrons. The minimum atomic E-state index is -4.39. The highest BCUT2D eigenvalue weighted by molar-refractivity contribution is 7.14. The normalized spacial score (nSPS) is 16.5. The van der Waals surface area contributed by atoms with E-state index in [0.29, 0.717) is 36.7 Å². The van der Waals surface area contributed by atoms with Gasteiger partial charge in [-0.05, 0) is 49.1 Å². The molecular weight excluding hydrogens is 417 g/mol. The quantitative estimate of drug-likeness (QED) is 0.682. The van der Waals surface area contributed by atoms with Crippen molar-refractivity contribution in [1.29, 1.82) is 0 Å². The number of benzene rings is 1. The maximum Gasteiger partial charge on any atom is 0.416 e. The van der Waals surface area contributed by atoms with Gasteiger partial charge in [0.15, 0.2) is 6.61 Å². The van der Waals surface area contributed by atoms with Crippen molar-refractivity contribution in [2.75, 3.05) is 37.7 Å². The van der Waals surface area contributed by atoms with Crippen LogP contribution in [0.4, 0.5) is 18.9 Å². The van der Waals surface area contributed by atoms with E-state index in [1.54, 1.807) is 11.0 Å². The molecule has 0 bridgehead atoms. The number of esters is 1. The standard InChI is InChI=1S/C21H21F3N2O3S/c22-21(23,24)15-4-2-5-16(12-15)25-7-9-26(10-8-25)19(27)13-29-20(28)18-11-14-3-1-6-17(14)30-18/h2,4-5,11-12H,1,3,6-10,13H2. The maximum atomic E-state index is 12.9. The first-order valence-electron chi connectivity index (χ1n) is 9.80. The van der Waals surface area contributed by atoms with Crippen LogP contribution in [0.25, 0.3) is 0 Å². The summed E-state index contributed by atoms with van der Waals surface area (Å²) in [7, 11) is 0. The van der Waals surface area contributed by atoms with E-state index in [1.807, 2.05) is 11.0 Å². The van der Waals surface area contributed by atoms with E-state index in [4.69, 9.17) is 4.74 Å². The molecule has 1 saturated heterocycles. The summed E-state index contributed by atoms with van der Waals surface area (Å²) < 4.78 is 43.9. The molecule has 0 unspecified atom stereocenters. The Morgan fingerprint density at radius 2 is 1.83 bits per heavy atom. The number of halogens is 3. The smallest absolute Gasteiger partial charge is 0.416 e. The van der Waals surface area contributed by atoms with Gasteiger partial charge in [0, 0.05) is 36.7 Å². The van der Waals surface area contributed by atoms with Crippen LogP contribution in [0, 0.1) is 0 Å². The molecule has 2 heterocycles. The highest BCUT2D eigenvalue weighted by atomic mass is 32.1. The number of alkyl halides is 3. The molecule has 9 heteroatoms. The van der Waals surface area contributed by atoms with Crippen molar-refractivity contribution in [1.82, 2.24) is 4.90 Å². The number of hydrogen-bond acceptors (Lipinski definition) is 5. The fraction of sp³-hybridized carbons (Fsp3) is 0.429. The van der Waals surface area contributed by atoms with Gasteiger partial charge in [0.2, 0.25) is 0 Å². The summed E-state index contributed by atoms with van der Waals surface area (Å²) >= 11 is 1.43. The molecule has 0 saturated carbocycles. The second-order valence-electron chi connectivity index (χ2n) is 7.40. The number of aryl methyl sites for hydroxylation is 2. The van der Waals surface area contributed by atoms with Gasteiger partial charge >= 0.3 is 12.1 Å². The van der Waals surface area contributed by atoms with E-state index < -0.39 is 17.7 Å². The number of fused-ring (bicyclic) bond motifs is 1. The molecule has 1 aliphatic heterocycles. The lowest BCUT2D eigenvalue weighted by Gasteiger charge is -2.36. The first-order chi connectivity index (χ1) is 14.3. The molecule has 1 aromatic carbocycles. The highest BCUT2D eigenvalue weighted by Crippen LogP contribution is 2.32. The van der Waals surface area contributed by atoms with Crippen LogP contribution in [0.3, 0.4) is 0 Å². The van der Waals surface area contributed by atoms with Crippen LogP contribution in [0.15, 0.2) is 30.3 Å². The number of rotatable bonds is 4. The summed E-state index contributed by atoms with van der Waals surface area (Å²) in [6.45, 7) is 1.22. The van der Waals surface area contributed by atoms with Crippen LogP contribution in [-0.4, -0.2) is 49.6 Å².